The number of aromatic nitrogens is 3. The maximum atomic E-state index is 12.2. The second-order valence-corrected chi connectivity index (χ2v) is 5.95. The number of hydrogen-bond donors (Lipinski definition) is 2. The minimum absolute atomic E-state index is 0.0385. The molecule has 0 saturated heterocycles. The van der Waals surface area contributed by atoms with Crippen LogP contribution in [0, 0.1) is 11.3 Å². The van der Waals surface area contributed by atoms with E-state index in [9.17, 15) is 9.59 Å². The Kier molecular flexibility index (Phi) is 4.06. The average Bonchev–Trinajstić information content (AvgIpc) is 2.91. The molecule has 2 rings (SSSR count). The smallest absolute Gasteiger partial charge is 0.325 e. The van der Waals surface area contributed by atoms with Crippen LogP contribution in [0.1, 0.15) is 38.8 Å². The van der Waals surface area contributed by atoms with E-state index in [1.54, 1.807) is 0 Å². The van der Waals surface area contributed by atoms with Gasteiger partial charge in [0.1, 0.15) is 12.2 Å². The molecule has 1 unspecified atom stereocenters. The van der Waals surface area contributed by atoms with Gasteiger partial charge < -0.3 is 10.4 Å². The third kappa shape index (κ3) is 3.34. The fourth-order valence-electron chi connectivity index (χ4n) is 2.75. The van der Waals surface area contributed by atoms with Crippen LogP contribution < -0.4 is 5.32 Å². The fraction of sp³-hybridized carbons (Fsp3) is 0.692. The van der Waals surface area contributed by atoms with Crippen molar-refractivity contribution in [2.45, 2.75) is 46.2 Å². The Morgan fingerprint density at radius 2 is 2.30 bits per heavy atom. The highest BCUT2D eigenvalue weighted by atomic mass is 16.4. The molecule has 110 valence electrons. The van der Waals surface area contributed by atoms with Crippen LogP contribution in [0.25, 0.3) is 0 Å². The molecule has 20 heavy (non-hydrogen) atoms. The second-order valence-electron chi connectivity index (χ2n) is 5.95. The molecule has 1 saturated carbocycles. The molecule has 1 aliphatic rings. The van der Waals surface area contributed by atoms with Crippen molar-refractivity contribution in [2.24, 2.45) is 11.3 Å². The Bertz CT molecular complexity index is 509. The van der Waals surface area contributed by atoms with Crippen LogP contribution in [0.15, 0.2) is 6.20 Å². The number of carboxylic acids is 1. The first-order valence-corrected chi connectivity index (χ1v) is 6.77. The minimum Gasteiger partial charge on any atom is -0.480 e. The minimum atomic E-state index is -0.974. The lowest BCUT2D eigenvalue weighted by molar-refractivity contribution is -0.138. The predicted molar refractivity (Wildman–Crippen MR) is 70.6 cm³/mol. The lowest BCUT2D eigenvalue weighted by Crippen LogP contribution is -2.35. The van der Waals surface area contributed by atoms with E-state index in [-0.39, 0.29) is 30.3 Å². The topological polar surface area (TPSA) is 97.1 Å². The van der Waals surface area contributed by atoms with Crippen molar-refractivity contribution < 1.29 is 14.7 Å². The first-order valence-electron chi connectivity index (χ1n) is 6.77. The van der Waals surface area contributed by atoms with E-state index in [2.05, 4.69) is 29.5 Å². The zero-order chi connectivity index (χ0) is 14.8. The molecule has 0 aromatic carbocycles. The normalized spacial score (nSPS) is 20.8. The maximum absolute atomic E-state index is 12.2. The van der Waals surface area contributed by atoms with E-state index in [0.717, 1.165) is 19.3 Å². The van der Waals surface area contributed by atoms with Crippen LogP contribution in [-0.2, 0) is 22.7 Å². The van der Waals surface area contributed by atoms with Crippen LogP contribution >= 0.6 is 0 Å². The van der Waals surface area contributed by atoms with Gasteiger partial charge in [-0.1, -0.05) is 25.5 Å². The highest BCUT2D eigenvalue weighted by Crippen LogP contribution is 2.42. The van der Waals surface area contributed by atoms with Crippen LogP contribution in [-0.4, -0.2) is 32.0 Å². The van der Waals surface area contributed by atoms with E-state index < -0.39 is 5.97 Å². The summed E-state index contributed by atoms with van der Waals surface area (Å²) in [6.07, 6.45) is 4.61. The number of rotatable bonds is 5. The molecule has 7 nitrogen and oxygen atoms in total. The third-order valence-electron chi connectivity index (χ3n) is 3.90. The quantitative estimate of drug-likeness (QED) is 0.831. The van der Waals surface area contributed by atoms with E-state index in [4.69, 9.17) is 5.11 Å². The van der Waals surface area contributed by atoms with Gasteiger partial charge in [-0.2, -0.15) is 0 Å². The van der Waals surface area contributed by atoms with Crippen molar-refractivity contribution in [1.29, 1.82) is 0 Å². The van der Waals surface area contributed by atoms with Gasteiger partial charge in [-0.05, 0) is 18.3 Å². The predicted octanol–water partition coefficient (Wildman–Crippen LogP) is 0.805. The monoisotopic (exact) mass is 280 g/mol. The highest BCUT2D eigenvalue weighted by molar-refractivity contribution is 5.79. The lowest BCUT2D eigenvalue weighted by atomic mass is 9.81. The van der Waals surface area contributed by atoms with Gasteiger partial charge in [-0.15, -0.1) is 5.10 Å². The van der Waals surface area contributed by atoms with E-state index in [0.29, 0.717) is 5.69 Å². The highest BCUT2D eigenvalue weighted by Gasteiger charge is 2.39. The van der Waals surface area contributed by atoms with Gasteiger partial charge in [0.25, 0.3) is 0 Å². The molecule has 1 aliphatic carbocycles. The number of aliphatic carboxylic acids is 1. The molecule has 0 aliphatic heterocycles. The molecule has 7 heteroatoms. The Morgan fingerprint density at radius 3 is 2.90 bits per heavy atom. The van der Waals surface area contributed by atoms with Crippen LogP contribution in [0.5, 0.6) is 0 Å². The van der Waals surface area contributed by atoms with Crippen LogP contribution in [0.2, 0.25) is 0 Å². The molecule has 1 atom stereocenters. The zero-order valence-corrected chi connectivity index (χ0v) is 11.8. The Balaban J connectivity index is 1.87. The van der Waals surface area contributed by atoms with Gasteiger partial charge >= 0.3 is 5.97 Å². The lowest BCUT2D eigenvalue weighted by Gasteiger charge is -2.25. The van der Waals surface area contributed by atoms with Crippen molar-refractivity contribution in [3.63, 3.8) is 0 Å². The first-order chi connectivity index (χ1) is 9.38. The largest absolute Gasteiger partial charge is 0.480 e. The van der Waals surface area contributed by atoms with Crippen molar-refractivity contribution in [2.75, 3.05) is 0 Å². The summed E-state index contributed by atoms with van der Waals surface area (Å²) in [7, 11) is 0. The third-order valence-corrected chi connectivity index (χ3v) is 3.90. The van der Waals surface area contributed by atoms with E-state index >= 15 is 0 Å². The summed E-state index contributed by atoms with van der Waals surface area (Å²) < 4.78 is 1.24. The molecule has 0 radical (unpaired) electrons. The molecule has 1 aromatic rings. The summed E-state index contributed by atoms with van der Waals surface area (Å²) in [5.41, 5.74) is 0.612. The first kappa shape index (κ1) is 14.5. The Morgan fingerprint density at radius 1 is 1.55 bits per heavy atom. The summed E-state index contributed by atoms with van der Waals surface area (Å²) in [5, 5.41) is 19.0. The Hall–Kier alpha value is -1.92. The number of carbonyl (C=O) groups is 2. The summed E-state index contributed by atoms with van der Waals surface area (Å²) in [6, 6.07) is 0. The average molecular weight is 280 g/mol. The molecule has 1 amide bonds. The summed E-state index contributed by atoms with van der Waals surface area (Å²) >= 11 is 0. The summed E-state index contributed by atoms with van der Waals surface area (Å²) in [5.74, 6) is -0.893. The van der Waals surface area contributed by atoms with Gasteiger partial charge in [0.15, 0.2) is 0 Å². The van der Waals surface area contributed by atoms with Crippen molar-refractivity contribution >= 4 is 11.9 Å². The molecule has 0 spiro atoms. The van der Waals surface area contributed by atoms with Gasteiger partial charge in [-0.3, -0.25) is 9.59 Å². The van der Waals surface area contributed by atoms with E-state index in [1.807, 2.05) is 0 Å². The SMILES string of the molecule is CC1(C)CCCC1C(=O)NCc1cn(CC(=O)O)nn1. The molecular formula is C13H20N4O3. The molecule has 1 aromatic heterocycles. The van der Waals surface area contributed by atoms with Crippen LogP contribution in [0.4, 0.5) is 0 Å². The second kappa shape index (κ2) is 5.60. The summed E-state index contributed by atoms with van der Waals surface area (Å²) in [6.45, 7) is 4.29. The van der Waals surface area contributed by atoms with Gasteiger partial charge in [-0.25, -0.2) is 4.68 Å². The maximum Gasteiger partial charge on any atom is 0.325 e. The number of amides is 1. The molecular weight excluding hydrogens is 260 g/mol. The molecule has 1 heterocycles. The van der Waals surface area contributed by atoms with Crippen LogP contribution in [0.3, 0.4) is 0 Å². The van der Waals surface area contributed by atoms with Gasteiger partial charge in [0, 0.05) is 5.92 Å². The number of nitrogens with one attached hydrogen (secondary N) is 1. The fourth-order valence-corrected chi connectivity index (χ4v) is 2.75. The Labute approximate surface area is 117 Å². The number of carbonyl (C=O) groups excluding carboxylic acids is 1. The number of hydrogen-bond acceptors (Lipinski definition) is 4. The van der Waals surface area contributed by atoms with E-state index in [1.165, 1.54) is 10.9 Å². The standard InChI is InChI=1S/C13H20N4O3/c1-13(2)5-3-4-10(13)12(20)14-6-9-7-17(16-15-9)8-11(18)19/h7,10H,3-6,8H2,1-2H3,(H,14,20)(H,18,19). The summed E-state index contributed by atoms with van der Waals surface area (Å²) in [4.78, 5) is 22.7. The number of carboxylic acid groups (broad SMARTS) is 1. The van der Waals surface area contributed by atoms with Crippen molar-refractivity contribution in [3.8, 4) is 0 Å². The molecule has 1 fully saturated rings. The van der Waals surface area contributed by atoms with Gasteiger partial charge in [0.2, 0.25) is 5.91 Å². The molecule has 0 bridgehead atoms. The zero-order valence-electron chi connectivity index (χ0n) is 11.8. The van der Waals surface area contributed by atoms with Crippen molar-refractivity contribution in [1.82, 2.24) is 20.3 Å². The van der Waals surface area contributed by atoms with Crippen molar-refractivity contribution in [3.05, 3.63) is 11.9 Å². The molecule has 2 N–H and O–H groups in total. The number of nitrogens with zero attached hydrogens (tertiary/aromatic N) is 3. The van der Waals surface area contributed by atoms with Gasteiger partial charge in [0.05, 0.1) is 12.7 Å².